The molecule has 1 N–H and O–H groups in total. The van der Waals surface area contributed by atoms with Crippen LogP contribution in [0, 0.1) is 18.8 Å². The topological polar surface area (TPSA) is 66.5 Å². The molecule has 3 amide bonds. The highest BCUT2D eigenvalue weighted by molar-refractivity contribution is 6.07. The number of hydrogen-bond donors (Lipinski definition) is 1. The lowest BCUT2D eigenvalue weighted by atomic mass is 9.85. The lowest BCUT2D eigenvalue weighted by Gasteiger charge is -2.15. The highest BCUT2D eigenvalue weighted by atomic mass is 16.2. The highest BCUT2D eigenvalue weighted by Gasteiger charge is 2.47. The summed E-state index contributed by atoms with van der Waals surface area (Å²) in [6.45, 7) is 2.19. The molecule has 1 fully saturated rings. The molecule has 0 spiro atoms. The van der Waals surface area contributed by atoms with E-state index in [1.54, 1.807) is 0 Å². The van der Waals surface area contributed by atoms with Crippen LogP contribution in [0.25, 0.3) is 0 Å². The molecule has 120 valence electrons. The van der Waals surface area contributed by atoms with Gasteiger partial charge in [0, 0.05) is 6.54 Å². The standard InChI is InChI=1S/C18H20N2O3/c1-12-6-2-3-7-13(12)10-19-16(21)11-20-17(22)14-8-4-5-9-15(14)18(20)23/h2-7,14-15H,8-11H2,1H3,(H,19,21)/t14-,15+. The SMILES string of the molecule is Cc1ccccc1CNC(=O)CN1C(=O)[C@H]2CC=CC[C@H]2C1=O. The lowest BCUT2D eigenvalue weighted by Crippen LogP contribution is -2.40. The van der Waals surface area contributed by atoms with Crippen molar-refractivity contribution in [3.05, 3.63) is 47.5 Å². The normalized spacial score (nSPS) is 23.1. The molecule has 1 heterocycles. The van der Waals surface area contributed by atoms with E-state index in [9.17, 15) is 14.4 Å². The summed E-state index contributed by atoms with van der Waals surface area (Å²) in [6, 6.07) is 7.78. The molecule has 1 aromatic carbocycles. The number of rotatable bonds is 4. The summed E-state index contributed by atoms with van der Waals surface area (Å²) >= 11 is 0. The molecule has 1 aromatic rings. The summed E-state index contributed by atoms with van der Waals surface area (Å²) in [6.07, 6.45) is 5.06. The molecule has 1 saturated heterocycles. The van der Waals surface area contributed by atoms with Crippen LogP contribution in [-0.4, -0.2) is 29.2 Å². The fourth-order valence-corrected chi connectivity index (χ4v) is 3.23. The zero-order valence-electron chi connectivity index (χ0n) is 13.1. The molecule has 2 aliphatic rings. The number of likely N-dealkylation sites (tertiary alicyclic amines) is 1. The fourth-order valence-electron chi connectivity index (χ4n) is 3.23. The van der Waals surface area contributed by atoms with Crippen LogP contribution in [0.5, 0.6) is 0 Å². The van der Waals surface area contributed by atoms with E-state index in [-0.39, 0.29) is 36.1 Å². The van der Waals surface area contributed by atoms with Crippen molar-refractivity contribution in [3.63, 3.8) is 0 Å². The minimum absolute atomic E-state index is 0.184. The maximum Gasteiger partial charge on any atom is 0.240 e. The quantitative estimate of drug-likeness (QED) is 0.678. The predicted octanol–water partition coefficient (Wildman–Crippen LogP) is 1.56. The third kappa shape index (κ3) is 3.04. The largest absolute Gasteiger partial charge is 0.350 e. The number of hydrogen-bond acceptors (Lipinski definition) is 3. The number of benzene rings is 1. The van der Waals surface area contributed by atoms with Crippen LogP contribution in [0.2, 0.25) is 0 Å². The third-order valence-electron chi connectivity index (χ3n) is 4.64. The number of nitrogens with zero attached hydrogens (tertiary/aromatic N) is 1. The smallest absolute Gasteiger partial charge is 0.240 e. The molecule has 5 heteroatoms. The van der Waals surface area contributed by atoms with Crippen molar-refractivity contribution >= 4 is 17.7 Å². The first-order chi connectivity index (χ1) is 11.1. The Morgan fingerprint density at radius 1 is 1.13 bits per heavy atom. The molecule has 1 aliphatic heterocycles. The van der Waals surface area contributed by atoms with Crippen LogP contribution in [0.1, 0.15) is 24.0 Å². The molecular formula is C18H20N2O3. The Morgan fingerprint density at radius 2 is 1.74 bits per heavy atom. The van der Waals surface area contributed by atoms with E-state index in [2.05, 4.69) is 5.32 Å². The van der Waals surface area contributed by atoms with Gasteiger partial charge < -0.3 is 5.32 Å². The fraction of sp³-hybridized carbons (Fsp3) is 0.389. The average molecular weight is 312 g/mol. The van der Waals surface area contributed by atoms with E-state index >= 15 is 0 Å². The second-order valence-corrected chi connectivity index (χ2v) is 6.12. The molecule has 0 unspecified atom stereocenters. The number of carbonyl (C=O) groups excluding carboxylic acids is 3. The van der Waals surface area contributed by atoms with Crippen molar-refractivity contribution < 1.29 is 14.4 Å². The first-order valence-corrected chi connectivity index (χ1v) is 7.89. The molecule has 2 atom stereocenters. The van der Waals surface area contributed by atoms with Crippen molar-refractivity contribution in [1.82, 2.24) is 10.2 Å². The number of fused-ring (bicyclic) bond motifs is 1. The van der Waals surface area contributed by atoms with Crippen molar-refractivity contribution in [2.75, 3.05) is 6.54 Å². The zero-order valence-corrected chi connectivity index (χ0v) is 13.1. The number of carbonyl (C=O) groups is 3. The molecular weight excluding hydrogens is 292 g/mol. The molecule has 0 aromatic heterocycles. The Hall–Kier alpha value is -2.43. The van der Waals surface area contributed by atoms with Gasteiger partial charge >= 0.3 is 0 Å². The van der Waals surface area contributed by atoms with Gasteiger partial charge in [-0.2, -0.15) is 0 Å². The predicted molar refractivity (Wildman–Crippen MR) is 85.1 cm³/mol. The van der Waals surface area contributed by atoms with Crippen molar-refractivity contribution in [1.29, 1.82) is 0 Å². The van der Waals surface area contributed by atoms with E-state index in [0.29, 0.717) is 19.4 Å². The highest BCUT2D eigenvalue weighted by Crippen LogP contribution is 2.34. The average Bonchev–Trinajstić information content (AvgIpc) is 2.80. The molecule has 23 heavy (non-hydrogen) atoms. The van der Waals surface area contributed by atoms with Crippen molar-refractivity contribution in [2.24, 2.45) is 11.8 Å². The van der Waals surface area contributed by atoms with Gasteiger partial charge in [-0.05, 0) is 30.9 Å². The molecule has 3 rings (SSSR count). The van der Waals surface area contributed by atoms with Gasteiger partial charge in [0.25, 0.3) is 0 Å². The minimum atomic E-state index is -0.304. The van der Waals surface area contributed by atoms with Crippen LogP contribution in [0.3, 0.4) is 0 Å². The van der Waals surface area contributed by atoms with E-state index < -0.39 is 0 Å². The Morgan fingerprint density at radius 3 is 2.35 bits per heavy atom. The Bertz CT molecular complexity index is 655. The van der Waals surface area contributed by atoms with E-state index in [0.717, 1.165) is 16.0 Å². The monoisotopic (exact) mass is 312 g/mol. The number of nitrogens with one attached hydrogen (secondary N) is 1. The molecule has 1 aliphatic carbocycles. The van der Waals surface area contributed by atoms with E-state index in [4.69, 9.17) is 0 Å². The third-order valence-corrected chi connectivity index (χ3v) is 4.64. The minimum Gasteiger partial charge on any atom is -0.350 e. The summed E-state index contributed by atoms with van der Waals surface area (Å²) in [5.74, 6) is -1.29. The zero-order chi connectivity index (χ0) is 16.4. The molecule has 0 bridgehead atoms. The van der Waals surface area contributed by atoms with Gasteiger partial charge in [0.2, 0.25) is 17.7 Å². The van der Waals surface area contributed by atoms with Crippen LogP contribution in [-0.2, 0) is 20.9 Å². The van der Waals surface area contributed by atoms with Gasteiger partial charge in [-0.25, -0.2) is 0 Å². The number of imide groups is 1. The Kier molecular flexibility index (Phi) is 4.28. The van der Waals surface area contributed by atoms with Gasteiger partial charge in [-0.3, -0.25) is 19.3 Å². The molecule has 5 nitrogen and oxygen atoms in total. The van der Waals surface area contributed by atoms with Crippen LogP contribution >= 0.6 is 0 Å². The van der Waals surface area contributed by atoms with Gasteiger partial charge in [0.05, 0.1) is 11.8 Å². The first kappa shape index (κ1) is 15.5. The molecule has 0 radical (unpaired) electrons. The second-order valence-electron chi connectivity index (χ2n) is 6.12. The second kappa shape index (κ2) is 6.36. The Balaban J connectivity index is 1.59. The number of amides is 3. The van der Waals surface area contributed by atoms with Crippen LogP contribution in [0.15, 0.2) is 36.4 Å². The van der Waals surface area contributed by atoms with Gasteiger partial charge in [0.1, 0.15) is 6.54 Å². The number of aryl methyl sites for hydroxylation is 1. The maximum absolute atomic E-state index is 12.3. The maximum atomic E-state index is 12.3. The summed E-state index contributed by atoms with van der Waals surface area (Å²) in [5, 5.41) is 2.79. The van der Waals surface area contributed by atoms with Gasteiger partial charge in [-0.15, -0.1) is 0 Å². The summed E-state index contributed by atoms with van der Waals surface area (Å²) in [5.41, 5.74) is 2.12. The molecule has 0 saturated carbocycles. The summed E-state index contributed by atoms with van der Waals surface area (Å²) < 4.78 is 0. The van der Waals surface area contributed by atoms with Crippen molar-refractivity contribution in [2.45, 2.75) is 26.3 Å². The van der Waals surface area contributed by atoms with Gasteiger partial charge in [-0.1, -0.05) is 36.4 Å². The lowest BCUT2D eigenvalue weighted by molar-refractivity contribution is -0.143. The van der Waals surface area contributed by atoms with Gasteiger partial charge in [0.15, 0.2) is 0 Å². The van der Waals surface area contributed by atoms with Crippen molar-refractivity contribution in [3.8, 4) is 0 Å². The summed E-state index contributed by atoms with van der Waals surface area (Å²) in [7, 11) is 0. The van der Waals surface area contributed by atoms with Crippen LogP contribution < -0.4 is 5.32 Å². The first-order valence-electron chi connectivity index (χ1n) is 7.89. The van der Waals surface area contributed by atoms with E-state index in [1.165, 1.54) is 0 Å². The van der Waals surface area contributed by atoms with E-state index in [1.807, 2.05) is 43.3 Å². The van der Waals surface area contributed by atoms with Crippen LogP contribution in [0.4, 0.5) is 0 Å². The Labute approximate surface area is 135 Å². The number of allylic oxidation sites excluding steroid dienone is 2. The summed E-state index contributed by atoms with van der Waals surface area (Å²) in [4.78, 5) is 37.8.